The zero-order chi connectivity index (χ0) is 12.3. The number of anilines is 2. The minimum Gasteiger partial charge on any atom is -0.398 e. The molecule has 0 fully saturated rings. The van der Waals surface area contributed by atoms with Gasteiger partial charge in [-0.2, -0.15) is 0 Å². The Morgan fingerprint density at radius 2 is 2.18 bits per heavy atom. The van der Waals surface area contributed by atoms with Gasteiger partial charge in [-0.3, -0.25) is 4.79 Å². The van der Waals surface area contributed by atoms with E-state index in [4.69, 9.17) is 11.5 Å². The molecule has 0 aliphatic carbocycles. The van der Waals surface area contributed by atoms with Gasteiger partial charge in [-0.25, -0.2) is 0 Å². The lowest BCUT2D eigenvalue weighted by molar-refractivity contribution is 0.100. The molecule has 1 amide bonds. The lowest BCUT2D eigenvalue weighted by Crippen LogP contribution is -2.11. The van der Waals surface area contributed by atoms with Crippen molar-refractivity contribution in [2.75, 3.05) is 11.1 Å². The normalized spacial score (nSPS) is 10.1. The van der Waals surface area contributed by atoms with Crippen molar-refractivity contribution in [2.24, 2.45) is 5.73 Å². The Morgan fingerprint density at radius 3 is 2.82 bits per heavy atom. The number of hydrogen-bond donors (Lipinski definition) is 3. The highest BCUT2D eigenvalue weighted by Gasteiger charge is 2.03. The number of hydrogen-bond acceptors (Lipinski definition) is 4. The molecule has 0 saturated carbocycles. The molecule has 88 valence electrons. The first-order valence-electron chi connectivity index (χ1n) is 5.12. The highest BCUT2D eigenvalue weighted by atomic mass is 32.1. The first kappa shape index (κ1) is 11.5. The summed E-state index contributed by atoms with van der Waals surface area (Å²) in [5.41, 5.74) is 13.1. The van der Waals surface area contributed by atoms with Crippen molar-refractivity contribution >= 4 is 28.6 Å². The highest BCUT2D eigenvalue weighted by molar-refractivity contribution is 7.10. The lowest BCUT2D eigenvalue weighted by atomic mass is 10.2. The van der Waals surface area contributed by atoms with Crippen LogP contribution in [-0.2, 0) is 6.54 Å². The molecule has 0 atom stereocenters. The van der Waals surface area contributed by atoms with E-state index in [1.807, 2.05) is 17.5 Å². The summed E-state index contributed by atoms with van der Waals surface area (Å²) in [4.78, 5) is 12.1. The molecular weight excluding hydrogens is 234 g/mol. The molecule has 5 N–H and O–H groups in total. The van der Waals surface area contributed by atoms with Crippen molar-refractivity contribution < 1.29 is 4.79 Å². The lowest BCUT2D eigenvalue weighted by Gasteiger charge is -2.06. The summed E-state index contributed by atoms with van der Waals surface area (Å²) < 4.78 is 0. The van der Waals surface area contributed by atoms with Crippen LogP contribution in [0.5, 0.6) is 0 Å². The molecule has 0 radical (unpaired) electrons. The summed E-state index contributed by atoms with van der Waals surface area (Å²) in [6.07, 6.45) is 0. The second-order valence-electron chi connectivity index (χ2n) is 3.60. The fourth-order valence-corrected chi connectivity index (χ4v) is 2.20. The Kier molecular flexibility index (Phi) is 3.30. The molecule has 17 heavy (non-hydrogen) atoms. The number of amides is 1. The van der Waals surface area contributed by atoms with Gasteiger partial charge in [0.25, 0.3) is 0 Å². The van der Waals surface area contributed by atoms with Crippen molar-refractivity contribution in [3.8, 4) is 0 Å². The van der Waals surface area contributed by atoms with E-state index in [1.165, 1.54) is 0 Å². The van der Waals surface area contributed by atoms with E-state index in [0.29, 0.717) is 12.1 Å². The van der Waals surface area contributed by atoms with Crippen LogP contribution >= 0.6 is 11.3 Å². The predicted molar refractivity (Wildman–Crippen MR) is 71.0 cm³/mol. The Labute approximate surface area is 103 Å². The van der Waals surface area contributed by atoms with Crippen LogP contribution in [0.1, 0.15) is 15.2 Å². The summed E-state index contributed by atoms with van der Waals surface area (Å²) in [5, 5.41) is 5.16. The maximum absolute atomic E-state index is 11.0. The third-order valence-electron chi connectivity index (χ3n) is 2.38. The molecule has 0 bridgehead atoms. The zero-order valence-electron chi connectivity index (χ0n) is 9.14. The van der Waals surface area contributed by atoms with Gasteiger partial charge in [0.1, 0.15) is 0 Å². The van der Waals surface area contributed by atoms with Crippen molar-refractivity contribution in [3.05, 3.63) is 46.2 Å². The molecule has 0 aliphatic rings. The van der Waals surface area contributed by atoms with Gasteiger partial charge in [-0.05, 0) is 29.6 Å². The van der Waals surface area contributed by atoms with Crippen LogP contribution in [0.2, 0.25) is 0 Å². The topological polar surface area (TPSA) is 81.1 Å². The Bertz CT molecular complexity index is 536. The Balaban J connectivity index is 2.07. The first-order chi connectivity index (χ1) is 8.16. The van der Waals surface area contributed by atoms with Crippen molar-refractivity contribution in [1.82, 2.24) is 0 Å². The van der Waals surface area contributed by atoms with Crippen LogP contribution in [0.3, 0.4) is 0 Å². The summed E-state index contributed by atoms with van der Waals surface area (Å²) in [6, 6.07) is 8.97. The smallest absolute Gasteiger partial charge is 0.248 e. The highest BCUT2D eigenvalue weighted by Crippen LogP contribution is 2.20. The molecule has 1 heterocycles. The zero-order valence-corrected chi connectivity index (χ0v) is 9.96. The second-order valence-corrected chi connectivity index (χ2v) is 4.60. The van der Waals surface area contributed by atoms with E-state index in [0.717, 1.165) is 16.3 Å². The third kappa shape index (κ3) is 2.76. The molecule has 1 aromatic carbocycles. The van der Waals surface area contributed by atoms with E-state index in [9.17, 15) is 4.79 Å². The number of primary amides is 1. The maximum atomic E-state index is 11.0. The van der Waals surface area contributed by atoms with E-state index in [1.54, 1.807) is 29.5 Å². The molecule has 0 saturated heterocycles. The largest absolute Gasteiger partial charge is 0.398 e. The van der Waals surface area contributed by atoms with Gasteiger partial charge < -0.3 is 16.8 Å². The second kappa shape index (κ2) is 4.88. The standard InChI is InChI=1S/C12H13N3OS/c13-10-4-5-17-11(10)7-15-9-3-1-2-8(6-9)12(14)16/h1-6,15H,7,13H2,(H2,14,16). The molecule has 4 nitrogen and oxygen atoms in total. The van der Waals surface area contributed by atoms with Crippen LogP contribution in [0.25, 0.3) is 0 Å². The van der Waals surface area contributed by atoms with Gasteiger partial charge in [-0.1, -0.05) is 6.07 Å². The fourth-order valence-electron chi connectivity index (χ4n) is 1.46. The molecule has 0 unspecified atom stereocenters. The first-order valence-corrected chi connectivity index (χ1v) is 6.00. The van der Waals surface area contributed by atoms with Crippen LogP contribution in [-0.4, -0.2) is 5.91 Å². The number of nitrogens with two attached hydrogens (primary N) is 2. The minimum absolute atomic E-state index is 0.427. The Hall–Kier alpha value is -2.01. The van der Waals surface area contributed by atoms with Crippen molar-refractivity contribution in [2.45, 2.75) is 6.54 Å². The van der Waals surface area contributed by atoms with E-state index >= 15 is 0 Å². The third-order valence-corrected chi connectivity index (χ3v) is 3.32. The molecule has 2 aromatic rings. The number of nitrogens with one attached hydrogen (secondary N) is 1. The molecule has 1 aromatic heterocycles. The van der Waals surface area contributed by atoms with Crippen LogP contribution in [0.15, 0.2) is 35.7 Å². The number of carbonyl (C=O) groups excluding carboxylic acids is 1. The van der Waals surface area contributed by atoms with Crippen molar-refractivity contribution in [3.63, 3.8) is 0 Å². The van der Waals surface area contributed by atoms with Crippen LogP contribution < -0.4 is 16.8 Å². The molecular formula is C12H13N3OS. The summed E-state index contributed by atoms with van der Waals surface area (Å²) >= 11 is 1.60. The average Bonchev–Trinajstić information content (AvgIpc) is 2.72. The van der Waals surface area contributed by atoms with Crippen LogP contribution in [0, 0.1) is 0 Å². The number of rotatable bonds is 4. The maximum Gasteiger partial charge on any atom is 0.248 e. The molecule has 0 aliphatic heterocycles. The van der Waals surface area contributed by atoms with Gasteiger partial charge in [0, 0.05) is 21.8 Å². The minimum atomic E-state index is -0.427. The molecule has 5 heteroatoms. The van der Waals surface area contributed by atoms with Gasteiger partial charge in [0.05, 0.1) is 6.54 Å². The Morgan fingerprint density at radius 1 is 1.35 bits per heavy atom. The number of thiophene rings is 1. The van der Waals surface area contributed by atoms with Gasteiger partial charge in [-0.15, -0.1) is 11.3 Å². The van der Waals surface area contributed by atoms with E-state index in [-0.39, 0.29) is 0 Å². The summed E-state index contributed by atoms with van der Waals surface area (Å²) in [5.74, 6) is -0.427. The molecule has 0 spiro atoms. The number of carbonyl (C=O) groups is 1. The number of benzene rings is 1. The van der Waals surface area contributed by atoms with Crippen molar-refractivity contribution in [1.29, 1.82) is 0 Å². The van der Waals surface area contributed by atoms with E-state index < -0.39 is 5.91 Å². The van der Waals surface area contributed by atoms with Gasteiger partial charge in [0.2, 0.25) is 5.91 Å². The van der Waals surface area contributed by atoms with Crippen LogP contribution in [0.4, 0.5) is 11.4 Å². The van der Waals surface area contributed by atoms with E-state index in [2.05, 4.69) is 5.32 Å². The summed E-state index contributed by atoms with van der Waals surface area (Å²) in [6.45, 7) is 0.645. The van der Waals surface area contributed by atoms with Gasteiger partial charge >= 0.3 is 0 Å². The monoisotopic (exact) mass is 247 g/mol. The SMILES string of the molecule is NC(=O)c1cccc(NCc2sccc2N)c1. The molecule has 2 rings (SSSR count). The number of nitrogen functional groups attached to an aromatic ring is 1. The fraction of sp³-hybridized carbons (Fsp3) is 0.0833. The predicted octanol–water partition coefficient (Wildman–Crippen LogP) is 2.04. The average molecular weight is 247 g/mol. The quantitative estimate of drug-likeness (QED) is 0.773. The van der Waals surface area contributed by atoms with Gasteiger partial charge in [0.15, 0.2) is 0 Å². The summed E-state index contributed by atoms with van der Waals surface area (Å²) in [7, 11) is 0.